The minimum Gasteiger partial charge on any atom is -0.353 e. The van der Waals surface area contributed by atoms with Gasteiger partial charge in [-0.15, -0.1) is 0 Å². The first-order chi connectivity index (χ1) is 12.3. The maximum Gasteiger partial charge on any atom is 0.193 e. The molecule has 0 amide bonds. The number of likely N-dealkylation sites (tertiary alicyclic amines) is 2. The van der Waals surface area contributed by atoms with Gasteiger partial charge in [-0.2, -0.15) is 0 Å². The predicted molar refractivity (Wildman–Crippen MR) is 104 cm³/mol. The third kappa shape index (κ3) is 4.17. The zero-order valence-corrected chi connectivity index (χ0v) is 15.5. The number of hydrogen-bond acceptors (Lipinski definition) is 2. The van der Waals surface area contributed by atoms with Crippen molar-refractivity contribution in [3.05, 3.63) is 35.9 Å². The summed E-state index contributed by atoms with van der Waals surface area (Å²) in [6.45, 7) is 6.22. The Morgan fingerprint density at radius 2 is 1.92 bits per heavy atom. The van der Waals surface area contributed by atoms with E-state index in [-0.39, 0.29) is 0 Å². The Morgan fingerprint density at radius 1 is 1.12 bits per heavy atom. The van der Waals surface area contributed by atoms with Gasteiger partial charge in [0.1, 0.15) is 0 Å². The minimum absolute atomic E-state index is 0.558. The molecule has 136 valence electrons. The van der Waals surface area contributed by atoms with Gasteiger partial charge in [-0.25, -0.2) is 0 Å². The van der Waals surface area contributed by atoms with Crippen molar-refractivity contribution in [3.63, 3.8) is 0 Å². The Hall–Kier alpha value is -1.55. The quantitative estimate of drug-likeness (QED) is 0.675. The second-order valence-electron chi connectivity index (χ2n) is 8.01. The lowest BCUT2D eigenvalue weighted by molar-refractivity contribution is 0.198. The van der Waals surface area contributed by atoms with Crippen LogP contribution in [0.15, 0.2) is 35.3 Å². The number of guanidine groups is 1. The fourth-order valence-corrected chi connectivity index (χ4v) is 4.57. The molecule has 1 aliphatic carbocycles. The van der Waals surface area contributed by atoms with Crippen molar-refractivity contribution in [2.75, 3.05) is 39.8 Å². The maximum absolute atomic E-state index is 4.58. The van der Waals surface area contributed by atoms with Gasteiger partial charge in [0.15, 0.2) is 5.96 Å². The molecule has 2 saturated heterocycles. The van der Waals surface area contributed by atoms with Gasteiger partial charge in [0, 0.05) is 38.6 Å². The van der Waals surface area contributed by atoms with Crippen LogP contribution in [0.3, 0.4) is 0 Å². The highest BCUT2D eigenvalue weighted by molar-refractivity contribution is 5.81. The highest BCUT2D eigenvalue weighted by Crippen LogP contribution is 2.40. The molecular formula is C21H32N4. The maximum atomic E-state index is 4.58. The first-order valence-corrected chi connectivity index (χ1v) is 10.1. The molecule has 0 bridgehead atoms. The topological polar surface area (TPSA) is 30.9 Å². The molecule has 1 saturated carbocycles. The number of rotatable bonds is 4. The van der Waals surface area contributed by atoms with Crippen LogP contribution in [0, 0.1) is 5.92 Å². The molecule has 3 aliphatic rings. The third-order valence-electron chi connectivity index (χ3n) is 6.09. The monoisotopic (exact) mass is 340 g/mol. The van der Waals surface area contributed by atoms with Gasteiger partial charge in [-0.3, -0.25) is 4.99 Å². The Morgan fingerprint density at radius 3 is 2.68 bits per heavy atom. The molecule has 3 fully saturated rings. The van der Waals surface area contributed by atoms with Crippen LogP contribution in [-0.2, 0) is 0 Å². The second kappa shape index (κ2) is 7.77. The van der Waals surface area contributed by atoms with E-state index < -0.39 is 0 Å². The molecule has 3 atom stereocenters. The Kier molecular flexibility index (Phi) is 5.25. The van der Waals surface area contributed by atoms with Gasteiger partial charge in [-0.1, -0.05) is 36.8 Å². The number of benzene rings is 1. The van der Waals surface area contributed by atoms with Gasteiger partial charge in [0.05, 0.1) is 0 Å². The Balaban J connectivity index is 1.26. The molecule has 1 N–H and O–H groups in total. The van der Waals surface area contributed by atoms with Crippen molar-refractivity contribution in [3.8, 4) is 0 Å². The van der Waals surface area contributed by atoms with E-state index in [0.717, 1.165) is 18.4 Å². The van der Waals surface area contributed by atoms with E-state index in [0.29, 0.717) is 12.0 Å². The Labute approximate surface area is 152 Å². The summed E-state index contributed by atoms with van der Waals surface area (Å²) in [4.78, 5) is 9.74. The summed E-state index contributed by atoms with van der Waals surface area (Å²) in [6.07, 6.45) is 6.75. The lowest BCUT2D eigenvalue weighted by Gasteiger charge is -2.29. The molecule has 25 heavy (non-hydrogen) atoms. The van der Waals surface area contributed by atoms with Gasteiger partial charge in [-0.05, 0) is 50.3 Å². The lowest BCUT2D eigenvalue weighted by atomic mass is 10.1. The SMILES string of the molecule is CN=C(NC1CC1c1ccccc1)N1CCC(CN2CCCCC2)C1. The highest BCUT2D eigenvalue weighted by Gasteiger charge is 2.40. The van der Waals surface area contributed by atoms with E-state index in [2.05, 4.69) is 50.4 Å². The van der Waals surface area contributed by atoms with Crippen LogP contribution in [0.5, 0.6) is 0 Å². The van der Waals surface area contributed by atoms with E-state index in [1.807, 2.05) is 7.05 Å². The van der Waals surface area contributed by atoms with E-state index in [9.17, 15) is 0 Å². The molecule has 0 radical (unpaired) electrons. The molecule has 2 aliphatic heterocycles. The third-order valence-corrected chi connectivity index (χ3v) is 6.09. The van der Waals surface area contributed by atoms with Crippen LogP contribution < -0.4 is 5.32 Å². The zero-order chi connectivity index (χ0) is 17.1. The summed E-state index contributed by atoms with van der Waals surface area (Å²) >= 11 is 0. The molecule has 4 rings (SSSR count). The molecule has 1 aromatic carbocycles. The number of nitrogens with zero attached hydrogens (tertiary/aromatic N) is 3. The van der Waals surface area contributed by atoms with Crippen molar-refractivity contribution in [2.45, 2.75) is 44.1 Å². The first kappa shape index (κ1) is 16.9. The molecular weight excluding hydrogens is 308 g/mol. The van der Waals surface area contributed by atoms with E-state index in [1.54, 1.807) is 0 Å². The second-order valence-corrected chi connectivity index (χ2v) is 8.01. The Bertz CT molecular complexity index is 579. The highest BCUT2D eigenvalue weighted by atomic mass is 15.3. The average Bonchev–Trinajstić information content (AvgIpc) is 3.30. The standard InChI is InChI=1S/C21H32N4/c1-22-21(23-20-14-19(20)18-8-4-2-5-9-18)25-13-10-17(16-25)15-24-11-6-3-7-12-24/h2,4-5,8-9,17,19-20H,3,6-7,10-16H2,1H3,(H,22,23). The summed E-state index contributed by atoms with van der Waals surface area (Å²) in [5.74, 6) is 2.58. The zero-order valence-electron chi connectivity index (χ0n) is 15.5. The van der Waals surface area contributed by atoms with Crippen LogP contribution in [0.2, 0.25) is 0 Å². The van der Waals surface area contributed by atoms with Gasteiger partial charge in [0.2, 0.25) is 0 Å². The largest absolute Gasteiger partial charge is 0.353 e. The number of aliphatic imine (C=N–C) groups is 1. The van der Waals surface area contributed by atoms with Gasteiger partial charge >= 0.3 is 0 Å². The molecule has 2 heterocycles. The number of nitrogens with one attached hydrogen (secondary N) is 1. The van der Waals surface area contributed by atoms with Gasteiger partial charge < -0.3 is 15.1 Å². The molecule has 4 heteroatoms. The summed E-state index contributed by atoms with van der Waals surface area (Å²) in [7, 11) is 1.93. The van der Waals surface area contributed by atoms with E-state index in [4.69, 9.17) is 0 Å². The smallest absolute Gasteiger partial charge is 0.193 e. The summed E-state index contributed by atoms with van der Waals surface area (Å²) in [6, 6.07) is 11.4. The van der Waals surface area contributed by atoms with E-state index in [1.165, 1.54) is 63.8 Å². The van der Waals surface area contributed by atoms with Crippen LogP contribution >= 0.6 is 0 Å². The number of piperidine rings is 1. The minimum atomic E-state index is 0.558. The van der Waals surface area contributed by atoms with Crippen LogP contribution in [0.1, 0.15) is 43.6 Å². The van der Waals surface area contributed by atoms with Crippen LogP contribution in [0.4, 0.5) is 0 Å². The van der Waals surface area contributed by atoms with Crippen molar-refractivity contribution in [2.24, 2.45) is 10.9 Å². The molecule has 4 nitrogen and oxygen atoms in total. The predicted octanol–water partition coefficient (Wildman–Crippen LogP) is 2.93. The molecule has 0 aromatic heterocycles. The number of hydrogen-bond donors (Lipinski definition) is 1. The van der Waals surface area contributed by atoms with Crippen molar-refractivity contribution >= 4 is 5.96 Å². The van der Waals surface area contributed by atoms with Crippen LogP contribution in [-0.4, -0.2) is 61.6 Å². The fraction of sp³-hybridized carbons (Fsp3) is 0.667. The summed E-state index contributed by atoms with van der Waals surface area (Å²) in [5, 5.41) is 3.72. The van der Waals surface area contributed by atoms with E-state index >= 15 is 0 Å². The average molecular weight is 341 g/mol. The molecule has 3 unspecified atom stereocenters. The normalized spacial score (nSPS) is 30.5. The molecule has 0 spiro atoms. The fourth-order valence-electron chi connectivity index (χ4n) is 4.57. The summed E-state index contributed by atoms with van der Waals surface area (Å²) in [5.41, 5.74) is 1.46. The lowest BCUT2D eigenvalue weighted by Crippen LogP contribution is -2.42. The van der Waals surface area contributed by atoms with Crippen molar-refractivity contribution in [1.29, 1.82) is 0 Å². The van der Waals surface area contributed by atoms with Crippen molar-refractivity contribution in [1.82, 2.24) is 15.1 Å². The summed E-state index contributed by atoms with van der Waals surface area (Å²) < 4.78 is 0. The van der Waals surface area contributed by atoms with Crippen LogP contribution in [0.25, 0.3) is 0 Å². The molecule has 1 aromatic rings. The van der Waals surface area contributed by atoms with Crippen molar-refractivity contribution < 1.29 is 0 Å². The van der Waals surface area contributed by atoms with Gasteiger partial charge in [0.25, 0.3) is 0 Å². The first-order valence-electron chi connectivity index (χ1n) is 10.1.